The van der Waals surface area contributed by atoms with E-state index in [9.17, 15) is 18.0 Å². The minimum Gasteiger partial charge on any atom is -0.454 e. The van der Waals surface area contributed by atoms with Gasteiger partial charge in [0.15, 0.2) is 16.4 Å². The molecule has 1 aromatic heterocycles. The molecule has 3 aromatic rings. The Morgan fingerprint density at radius 1 is 1.03 bits per heavy atom. The smallest absolute Gasteiger partial charge is 0.338 e. The molecule has 0 amide bonds. The van der Waals surface area contributed by atoms with E-state index in [1.54, 1.807) is 6.07 Å². The lowest BCUT2D eigenvalue weighted by atomic mass is 10.1. The average Bonchev–Trinajstić information content (AvgIpc) is 2.99. The van der Waals surface area contributed by atoms with E-state index in [0.717, 1.165) is 27.8 Å². The highest BCUT2D eigenvalue weighted by Crippen LogP contribution is 2.23. The first-order valence-electron chi connectivity index (χ1n) is 9.03. The van der Waals surface area contributed by atoms with Crippen LogP contribution in [0.2, 0.25) is 0 Å². The predicted octanol–water partition coefficient (Wildman–Crippen LogP) is 4.30. The van der Waals surface area contributed by atoms with Crippen LogP contribution in [0.25, 0.3) is 5.69 Å². The summed E-state index contributed by atoms with van der Waals surface area (Å²) in [6.07, 6.45) is 1.09. The lowest BCUT2D eigenvalue weighted by molar-refractivity contribution is 0.0474. The molecule has 1 heterocycles. The number of rotatable bonds is 6. The van der Waals surface area contributed by atoms with Crippen molar-refractivity contribution in [1.29, 1.82) is 0 Å². The minimum absolute atomic E-state index is 0.107. The molecule has 3 rings (SSSR count). The van der Waals surface area contributed by atoms with Gasteiger partial charge in [0, 0.05) is 33.4 Å². The fraction of sp³-hybridized carbons (Fsp3) is 0.182. The Morgan fingerprint density at radius 3 is 2.30 bits per heavy atom. The number of halogens is 1. The highest BCUT2D eigenvalue weighted by molar-refractivity contribution is 9.10. The number of carbonyl (C=O) groups excluding carboxylic acids is 2. The molecule has 0 unspecified atom stereocenters. The SMILES string of the molecule is Cc1cc(C(=O)COC(=O)c2ccc(S(C)(=O)=O)cc2)c(C)n1-c1cccc(Br)c1. The fourth-order valence-corrected chi connectivity index (χ4v) is 4.21. The summed E-state index contributed by atoms with van der Waals surface area (Å²) >= 11 is 3.45. The maximum atomic E-state index is 12.7. The van der Waals surface area contributed by atoms with Crippen LogP contribution >= 0.6 is 15.9 Å². The van der Waals surface area contributed by atoms with Crippen LogP contribution in [0.5, 0.6) is 0 Å². The molecule has 0 aliphatic carbocycles. The van der Waals surface area contributed by atoms with Gasteiger partial charge >= 0.3 is 5.97 Å². The van der Waals surface area contributed by atoms with Crippen molar-refractivity contribution in [3.63, 3.8) is 0 Å². The van der Waals surface area contributed by atoms with Gasteiger partial charge in [-0.05, 0) is 62.4 Å². The standard InChI is InChI=1S/C22H20BrNO5S/c1-14-11-20(15(2)24(14)18-6-4-5-17(23)12-18)21(25)13-29-22(26)16-7-9-19(10-8-16)30(3,27)28/h4-12H,13H2,1-3H3. The number of carbonyl (C=O) groups is 2. The van der Waals surface area contributed by atoms with E-state index >= 15 is 0 Å². The fourth-order valence-electron chi connectivity index (χ4n) is 3.19. The number of ether oxygens (including phenoxy) is 1. The number of Topliss-reactive ketones (excluding diaryl/α,β-unsaturated/α-hetero) is 1. The van der Waals surface area contributed by atoms with E-state index in [1.807, 2.05) is 42.7 Å². The number of benzene rings is 2. The van der Waals surface area contributed by atoms with Crippen LogP contribution in [0.15, 0.2) is 64.0 Å². The van der Waals surface area contributed by atoms with Crippen LogP contribution in [-0.2, 0) is 14.6 Å². The molecular formula is C22H20BrNO5S. The number of nitrogens with zero attached hydrogens (tertiary/aromatic N) is 1. The van der Waals surface area contributed by atoms with Gasteiger partial charge in [0.05, 0.1) is 10.5 Å². The Labute approximate surface area is 183 Å². The molecule has 0 saturated heterocycles. The lowest BCUT2D eigenvalue weighted by Crippen LogP contribution is -2.15. The van der Waals surface area contributed by atoms with E-state index < -0.39 is 22.4 Å². The molecule has 0 radical (unpaired) electrons. The van der Waals surface area contributed by atoms with Crippen LogP contribution in [0.1, 0.15) is 32.1 Å². The molecule has 0 atom stereocenters. The summed E-state index contributed by atoms with van der Waals surface area (Å²) in [4.78, 5) is 25.0. The summed E-state index contributed by atoms with van der Waals surface area (Å²) in [5.74, 6) is -1.00. The topological polar surface area (TPSA) is 82.4 Å². The first-order valence-corrected chi connectivity index (χ1v) is 11.7. The molecule has 0 bridgehead atoms. The van der Waals surface area contributed by atoms with Crippen molar-refractivity contribution < 1.29 is 22.7 Å². The monoisotopic (exact) mass is 489 g/mol. The lowest BCUT2D eigenvalue weighted by Gasteiger charge is -2.10. The Balaban J connectivity index is 1.74. The van der Waals surface area contributed by atoms with Gasteiger partial charge in [0.25, 0.3) is 0 Å². The Kier molecular flexibility index (Phi) is 6.28. The third-order valence-electron chi connectivity index (χ3n) is 4.65. The molecule has 6 nitrogen and oxygen atoms in total. The average molecular weight is 490 g/mol. The maximum Gasteiger partial charge on any atom is 0.338 e. The quantitative estimate of drug-likeness (QED) is 0.380. The molecule has 0 spiro atoms. The van der Waals surface area contributed by atoms with E-state index in [-0.39, 0.29) is 16.2 Å². The Hall–Kier alpha value is -2.71. The minimum atomic E-state index is -3.35. The van der Waals surface area contributed by atoms with E-state index in [2.05, 4.69) is 15.9 Å². The molecule has 0 saturated carbocycles. The molecule has 156 valence electrons. The van der Waals surface area contributed by atoms with Gasteiger partial charge in [-0.2, -0.15) is 0 Å². The second-order valence-corrected chi connectivity index (χ2v) is 9.83. The molecule has 0 fully saturated rings. The van der Waals surface area contributed by atoms with Gasteiger partial charge in [-0.25, -0.2) is 13.2 Å². The van der Waals surface area contributed by atoms with Gasteiger partial charge in [-0.3, -0.25) is 4.79 Å². The molecule has 2 aromatic carbocycles. The number of ketones is 1. The van der Waals surface area contributed by atoms with Crippen molar-refractivity contribution in [2.24, 2.45) is 0 Å². The van der Waals surface area contributed by atoms with Crippen molar-refractivity contribution in [3.05, 3.63) is 81.6 Å². The van der Waals surface area contributed by atoms with Crippen molar-refractivity contribution in [3.8, 4) is 5.69 Å². The van der Waals surface area contributed by atoms with Crippen LogP contribution in [-0.4, -0.2) is 37.6 Å². The number of aryl methyl sites for hydroxylation is 1. The second-order valence-electron chi connectivity index (χ2n) is 6.90. The second kappa shape index (κ2) is 8.57. The van der Waals surface area contributed by atoms with Gasteiger partial charge in [-0.15, -0.1) is 0 Å². The van der Waals surface area contributed by atoms with Crippen molar-refractivity contribution in [2.45, 2.75) is 18.7 Å². The van der Waals surface area contributed by atoms with Gasteiger partial charge in [0.1, 0.15) is 0 Å². The third-order valence-corrected chi connectivity index (χ3v) is 6.27. The number of hydrogen-bond acceptors (Lipinski definition) is 5. The van der Waals surface area contributed by atoms with E-state index in [0.29, 0.717) is 5.56 Å². The van der Waals surface area contributed by atoms with E-state index in [1.165, 1.54) is 24.3 Å². The number of esters is 1. The summed E-state index contributed by atoms with van der Waals surface area (Å²) < 4.78 is 31.0. The summed E-state index contributed by atoms with van der Waals surface area (Å²) in [5, 5.41) is 0. The molecule has 0 aliphatic rings. The summed E-state index contributed by atoms with van der Waals surface area (Å²) in [6.45, 7) is 3.34. The van der Waals surface area contributed by atoms with Gasteiger partial charge in [0.2, 0.25) is 5.78 Å². The first kappa shape index (κ1) is 22.0. The van der Waals surface area contributed by atoms with Crippen LogP contribution < -0.4 is 0 Å². The molecule has 0 aliphatic heterocycles. The summed E-state index contributed by atoms with van der Waals surface area (Å²) in [5.41, 5.74) is 3.21. The highest BCUT2D eigenvalue weighted by atomic mass is 79.9. The predicted molar refractivity (Wildman–Crippen MR) is 117 cm³/mol. The summed E-state index contributed by atoms with van der Waals surface area (Å²) in [7, 11) is -3.35. The van der Waals surface area contributed by atoms with Crippen molar-refractivity contribution in [2.75, 3.05) is 12.9 Å². The summed E-state index contributed by atoms with van der Waals surface area (Å²) in [6, 6.07) is 14.9. The number of aromatic nitrogens is 1. The van der Waals surface area contributed by atoms with Crippen LogP contribution in [0.3, 0.4) is 0 Å². The normalized spacial score (nSPS) is 11.3. The number of hydrogen-bond donors (Lipinski definition) is 0. The molecule has 8 heteroatoms. The molecule has 0 N–H and O–H groups in total. The Bertz CT molecular complexity index is 1230. The first-order chi connectivity index (χ1) is 14.1. The largest absolute Gasteiger partial charge is 0.454 e. The Morgan fingerprint density at radius 2 is 1.70 bits per heavy atom. The zero-order valence-corrected chi connectivity index (χ0v) is 19.1. The van der Waals surface area contributed by atoms with Gasteiger partial charge in [-0.1, -0.05) is 22.0 Å². The van der Waals surface area contributed by atoms with Crippen LogP contribution in [0.4, 0.5) is 0 Å². The number of sulfone groups is 1. The molecule has 30 heavy (non-hydrogen) atoms. The van der Waals surface area contributed by atoms with Crippen molar-refractivity contribution in [1.82, 2.24) is 4.57 Å². The third kappa shape index (κ3) is 4.71. The highest BCUT2D eigenvalue weighted by Gasteiger charge is 2.19. The zero-order valence-electron chi connectivity index (χ0n) is 16.7. The van der Waals surface area contributed by atoms with Crippen molar-refractivity contribution >= 4 is 37.5 Å². The zero-order chi connectivity index (χ0) is 22.1. The maximum absolute atomic E-state index is 12.7. The molecular weight excluding hydrogens is 470 g/mol. The van der Waals surface area contributed by atoms with E-state index in [4.69, 9.17) is 4.74 Å². The van der Waals surface area contributed by atoms with Gasteiger partial charge < -0.3 is 9.30 Å². The van der Waals surface area contributed by atoms with Crippen LogP contribution in [0, 0.1) is 13.8 Å².